The lowest BCUT2D eigenvalue weighted by Crippen LogP contribution is -2.39. The van der Waals surface area contributed by atoms with Crippen LogP contribution < -0.4 is 4.90 Å². The highest BCUT2D eigenvalue weighted by molar-refractivity contribution is 9.10. The molecule has 1 aliphatic rings. The van der Waals surface area contributed by atoms with Gasteiger partial charge in [-0.15, -0.1) is 0 Å². The van der Waals surface area contributed by atoms with Gasteiger partial charge in [0, 0.05) is 23.2 Å². The van der Waals surface area contributed by atoms with E-state index in [0.29, 0.717) is 19.7 Å². The summed E-state index contributed by atoms with van der Waals surface area (Å²) in [7, 11) is 0. The number of anilines is 1. The van der Waals surface area contributed by atoms with Crippen molar-refractivity contribution < 1.29 is 17.9 Å². The van der Waals surface area contributed by atoms with Crippen LogP contribution in [0, 0.1) is 11.3 Å². The van der Waals surface area contributed by atoms with Crippen LogP contribution in [0.3, 0.4) is 0 Å². The van der Waals surface area contributed by atoms with Crippen molar-refractivity contribution in [3.05, 3.63) is 63.6 Å². The van der Waals surface area contributed by atoms with Gasteiger partial charge in [0.25, 0.3) is 0 Å². The van der Waals surface area contributed by atoms with Gasteiger partial charge in [-0.1, -0.05) is 34.1 Å². The second-order valence-corrected chi connectivity index (χ2v) is 6.52. The molecule has 1 saturated heterocycles. The van der Waals surface area contributed by atoms with Crippen molar-refractivity contribution in [3.8, 4) is 6.07 Å². The molecule has 3 nitrogen and oxygen atoms in total. The zero-order valence-electron chi connectivity index (χ0n) is 13.1. The van der Waals surface area contributed by atoms with Gasteiger partial charge in [-0.3, -0.25) is 0 Å². The Labute approximate surface area is 151 Å². The van der Waals surface area contributed by atoms with Gasteiger partial charge in [0.1, 0.15) is 6.10 Å². The highest BCUT2D eigenvalue weighted by Crippen LogP contribution is 2.39. The maximum atomic E-state index is 13.4. The molecule has 7 heteroatoms. The lowest BCUT2D eigenvalue weighted by Gasteiger charge is -2.36. The number of morpholine rings is 1. The Morgan fingerprint density at radius 3 is 2.64 bits per heavy atom. The number of ether oxygens (including phenoxy) is 1. The quantitative estimate of drug-likeness (QED) is 0.704. The minimum absolute atomic E-state index is 0.00770. The van der Waals surface area contributed by atoms with Gasteiger partial charge < -0.3 is 9.64 Å². The molecule has 0 spiro atoms. The van der Waals surface area contributed by atoms with E-state index in [2.05, 4.69) is 15.9 Å². The lowest BCUT2D eigenvalue weighted by atomic mass is 10.0. The van der Waals surface area contributed by atoms with E-state index in [4.69, 9.17) is 10.00 Å². The summed E-state index contributed by atoms with van der Waals surface area (Å²) in [6.07, 6.45) is -4.86. The molecule has 1 heterocycles. The van der Waals surface area contributed by atoms with Crippen molar-refractivity contribution in [3.63, 3.8) is 0 Å². The summed E-state index contributed by atoms with van der Waals surface area (Å²) in [5, 5.41) is 8.89. The lowest BCUT2D eigenvalue weighted by molar-refractivity contribution is -0.137. The van der Waals surface area contributed by atoms with Crippen LogP contribution in [-0.4, -0.2) is 19.7 Å². The third kappa shape index (κ3) is 3.80. The summed E-state index contributed by atoms with van der Waals surface area (Å²) in [5.74, 6) is 0. The molecule has 1 fully saturated rings. The Bertz CT molecular complexity index is 817. The summed E-state index contributed by atoms with van der Waals surface area (Å²) >= 11 is 3.46. The molecule has 0 saturated carbocycles. The van der Waals surface area contributed by atoms with Crippen molar-refractivity contribution in [2.24, 2.45) is 0 Å². The summed E-state index contributed by atoms with van der Waals surface area (Å²) in [6.45, 7) is 0.983. The standard InChI is InChI=1S/C18H14BrF3N2O/c19-15-4-2-1-3-13(15)17-11-24(7-8-25-17)16-6-5-12(10-23)9-14(16)18(20,21)22/h1-6,9,17H,7-8,11H2. The minimum atomic E-state index is -4.52. The Morgan fingerprint density at radius 2 is 1.96 bits per heavy atom. The van der Waals surface area contributed by atoms with E-state index in [1.165, 1.54) is 12.1 Å². The largest absolute Gasteiger partial charge is 0.418 e. The van der Waals surface area contributed by atoms with Crippen LogP contribution in [0.4, 0.5) is 18.9 Å². The van der Waals surface area contributed by atoms with Crippen molar-refractivity contribution >= 4 is 21.6 Å². The maximum absolute atomic E-state index is 13.4. The molecular formula is C18H14BrF3N2O. The summed E-state index contributed by atoms with van der Waals surface area (Å²) in [4.78, 5) is 1.66. The normalized spacial score (nSPS) is 18.0. The summed E-state index contributed by atoms with van der Waals surface area (Å²) in [5.41, 5.74) is 0.173. The third-order valence-electron chi connectivity index (χ3n) is 4.09. The van der Waals surface area contributed by atoms with Crippen LogP contribution >= 0.6 is 15.9 Å². The first kappa shape index (κ1) is 17.8. The van der Waals surface area contributed by atoms with Crippen LogP contribution in [-0.2, 0) is 10.9 Å². The van der Waals surface area contributed by atoms with Crippen LogP contribution in [0.25, 0.3) is 0 Å². The molecule has 1 unspecified atom stereocenters. The first-order valence-corrected chi connectivity index (χ1v) is 8.42. The first-order chi connectivity index (χ1) is 11.9. The number of nitriles is 1. The first-order valence-electron chi connectivity index (χ1n) is 7.62. The van der Waals surface area contributed by atoms with Crippen LogP contribution in [0.2, 0.25) is 0 Å². The van der Waals surface area contributed by atoms with Gasteiger partial charge in [-0.05, 0) is 29.8 Å². The maximum Gasteiger partial charge on any atom is 0.418 e. The van der Waals surface area contributed by atoms with Crippen molar-refractivity contribution in [2.75, 3.05) is 24.6 Å². The van der Waals surface area contributed by atoms with E-state index in [1.807, 2.05) is 24.3 Å². The highest BCUT2D eigenvalue weighted by Gasteiger charge is 2.36. The Balaban J connectivity index is 1.94. The van der Waals surface area contributed by atoms with Gasteiger partial charge in [-0.25, -0.2) is 0 Å². The molecule has 1 atom stereocenters. The number of nitrogens with zero attached hydrogens (tertiary/aromatic N) is 2. The van der Waals surface area contributed by atoms with E-state index in [0.717, 1.165) is 16.1 Å². The molecule has 2 aromatic carbocycles. The zero-order chi connectivity index (χ0) is 18.0. The monoisotopic (exact) mass is 410 g/mol. The van der Waals surface area contributed by atoms with Gasteiger partial charge in [0.05, 0.1) is 23.8 Å². The Kier molecular flexibility index (Phi) is 5.02. The van der Waals surface area contributed by atoms with Crippen LogP contribution in [0.15, 0.2) is 46.9 Å². The predicted octanol–water partition coefficient (Wildman–Crippen LogP) is 4.92. The molecule has 0 bridgehead atoms. The number of hydrogen-bond acceptors (Lipinski definition) is 3. The van der Waals surface area contributed by atoms with Crippen LogP contribution in [0.1, 0.15) is 22.8 Å². The van der Waals surface area contributed by atoms with E-state index >= 15 is 0 Å². The van der Waals surface area contributed by atoms with Gasteiger partial charge in [-0.2, -0.15) is 18.4 Å². The smallest absolute Gasteiger partial charge is 0.370 e. The second-order valence-electron chi connectivity index (χ2n) is 5.67. The predicted molar refractivity (Wildman–Crippen MR) is 91.2 cm³/mol. The topological polar surface area (TPSA) is 36.3 Å². The highest BCUT2D eigenvalue weighted by atomic mass is 79.9. The average molecular weight is 411 g/mol. The summed E-state index contributed by atoms with van der Waals surface area (Å²) < 4.78 is 46.9. The molecule has 0 aliphatic carbocycles. The number of benzene rings is 2. The molecule has 0 radical (unpaired) electrons. The van der Waals surface area contributed by atoms with Gasteiger partial charge in [0.15, 0.2) is 0 Å². The molecular weight excluding hydrogens is 397 g/mol. The van der Waals surface area contributed by atoms with E-state index in [1.54, 1.807) is 11.0 Å². The van der Waals surface area contributed by atoms with Gasteiger partial charge in [0.2, 0.25) is 0 Å². The third-order valence-corrected chi connectivity index (χ3v) is 4.81. The van der Waals surface area contributed by atoms with E-state index in [-0.39, 0.29) is 17.4 Å². The van der Waals surface area contributed by atoms with Crippen molar-refractivity contribution in [1.82, 2.24) is 0 Å². The fourth-order valence-corrected chi connectivity index (χ4v) is 3.44. The zero-order valence-corrected chi connectivity index (χ0v) is 14.6. The number of alkyl halides is 3. The van der Waals surface area contributed by atoms with Crippen molar-refractivity contribution in [1.29, 1.82) is 5.26 Å². The molecule has 0 N–H and O–H groups in total. The van der Waals surface area contributed by atoms with Crippen molar-refractivity contribution in [2.45, 2.75) is 12.3 Å². The minimum Gasteiger partial charge on any atom is -0.370 e. The Morgan fingerprint density at radius 1 is 1.20 bits per heavy atom. The summed E-state index contributed by atoms with van der Waals surface area (Å²) in [6, 6.07) is 12.9. The van der Waals surface area contributed by atoms with E-state index < -0.39 is 11.7 Å². The van der Waals surface area contributed by atoms with E-state index in [9.17, 15) is 13.2 Å². The average Bonchev–Trinajstić information content (AvgIpc) is 2.61. The number of halogens is 4. The second kappa shape index (κ2) is 7.06. The fourth-order valence-electron chi connectivity index (χ4n) is 2.90. The van der Waals surface area contributed by atoms with Crippen LogP contribution in [0.5, 0.6) is 0 Å². The molecule has 25 heavy (non-hydrogen) atoms. The fraction of sp³-hybridized carbons (Fsp3) is 0.278. The molecule has 3 rings (SSSR count). The molecule has 1 aliphatic heterocycles. The SMILES string of the molecule is N#Cc1ccc(N2CCOC(c3ccccc3Br)C2)c(C(F)(F)F)c1. The molecule has 0 aromatic heterocycles. The number of hydrogen-bond donors (Lipinski definition) is 0. The molecule has 130 valence electrons. The number of rotatable bonds is 2. The molecule has 0 amide bonds. The van der Waals surface area contributed by atoms with Gasteiger partial charge >= 0.3 is 6.18 Å². The Hall–Kier alpha value is -2.04. The molecule has 2 aromatic rings.